The van der Waals surface area contributed by atoms with Gasteiger partial charge in [0.15, 0.2) is 0 Å². The van der Waals surface area contributed by atoms with Crippen molar-refractivity contribution in [3.05, 3.63) is 30.3 Å². The minimum Gasteiger partial charge on any atom is -0.342 e. The monoisotopic (exact) mass is 355 g/mol. The topological polar surface area (TPSA) is 52.7 Å². The number of benzene rings is 1. The van der Waals surface area contributed by atoms with Crippen LogP contribution < -0.4 is 5.32 Å². The SMILES string of the molecule is CN1CC2(CCN(C(=O)C3(C)CC3)CC2)CC1C(=O)Nc1ccccc1. The van der Waals surface area contributed by atoms with Crippen LogP contribution in [-0.4, -0.2) is 54.3 Å². The highest BCUT2D eigenvalue weighted by atomic mass is 16.2. The van der Waals surface area contributed by atoms with Gasteiger partial charge in [-0.2, -0.15) is 0 Å². The molecule has 0 aromatic heterocycles. The molecule has 0 bridgehead atoms. The van der Waals surface area contributed by atoms with Gasteiger partial charge in [-0.15, -0.1) is 0 Å². The lowest BCUT2D eigenvalue weighted by atomic mass is 9.76. The molecule has 1 spiro atoms. The Kier molecular flexibility index (Phi) is 4.30. The van der Waals surface area contributed by atoms with E-state index in [0.29, 0.717) is 5.91 Å². The highest BCUT2D eigenvalue weighted by molar-refractivity contribution is 5.95. The Labute approximate surface area is 155 Å². The number of likely N-dealkylation sites (tertiary alicyclic amines) is 2. The minimum absolute atomic E-state index is 0.0743. The maximum atomic E-state index is 12.7. The Morgan fingerprint density at radius 3 is 2.35 bits per heavy atom. The minimum atomic E-state index is -0.0848. The van der Waals surface area contributed by atoms with Gasteiger partial charge in [0.05, 0.1) is 6.04 Å². The van der Waals surface area contributed by atoms with Crippen LogP contribution in [0, 0.1) is 10.8 Å². The summed E-state index contributed by atoms with van der Waals surface area (Å²) in [5.74, 6) is 0.427. The zero-order valence-corrected chi connectivity index (χ0v) is 15.8. The van der Waals surface area contributed by atoms with Crippen molar-refractivity contribution in [2.45, 2.75) is 45.1 Å². The summed E-state index contributed by atoms with van der Waals surface area (Å²) in [5.41, 5.74) is 0.953. The molecule has 1 N–H and O–H groups in total. The lowest BCUT2D eigenvalue weighted by molar-refractivity contribution is -0.138. The summed E-state index contributed by atoms with van der Waals surface area (Å²) in [4.78, 5) is 29.6. The molecule has 5 heteroatoms. The Hall–Kier alpha value is -1.88. The number of amides is 2. The van der Waals surface area contributed by atoms with E-state index in [1.807, 2.05) is 37.4 Å². The summed E-state index contributed by atoms with van der Waals surface area (Å²) in [5, 5.41) is 3.05. The van der Waals surface area contributed by atoms with Gasteiger partial charge in [-0.3, -0.25) is 14.5 Å². The lowest BCUT2D eigenvalue weighted by Gasteiger charge is -2.40. The third-order valence-corrected chi connectivity index (χ3v) is 6.71. The third kappa shape index (κ3) is 3.25. The Morgan fingerprint density at radius 1 is 1.08 bits per heavy atom. The fourth-order valence-electron chi connectivity index (χ4n) is 4.64. The van der Waals surface area contributed by atoms with Crippen molar-refractivity contribution in [2.24, 2.45) is 10.8 Å². The number of carbonyl (C=O) groups is 2. The Morgan fingerprint density at radius 2 is 1.73 bits per heavy atom. The summed E-state index contributed by atoms with van der Waals surface area (Å²) in [6.45, 7) is 4.72. The number of anilines is 1. The Balaban J connectivity index is 1.36. The standard InChI is InChI=1S/C21H29N3O2/c1-20(8-9-20)19(26)24-12-10-21(11-13-24)14-17(23(2)15-21)18(25)22-16-6-4-3-5-7-16/h3-7,17H,8-15H2,1-2H3,(H,22,25). The first-order valence-electron chi connectivity index (χ1n) is 9.76. The molecule has 3 fully saturated rings. The van der Waals surface area contributed by atoms with Crippen molar-refractivity contribution in [3.63, 3.8) is 0 Å². The van der Waals surface area contributed by atoms with Gasteiger partial charge in [0.2, 0.25) is 11.8 Å². The van der Waals surface area contributed by atoms with Gasteiger partial charge >= 0.3 is 0 Å². The van der Waals surface area contributed by atoms with Crippen LogP contribution in [0.1, 0.15) is 39.0 Å². The number of hydrogen-bond acceptors (Lipinski definition) is 3. The predicted octanol–water partition coefficient (Wildman–Crippen LogP) is 2.74. The van der Waals surface area contributed by atoms with Crippen LogP contribution in [0.25, 0.3) is 0 Å². The molecule has 1 aromatic carbocycles. The van der Waals surface area contributed by atoms with Crippen LogP contribution in [0.4, 0.5) is 5.69 Å². The summed E-state index contributed by atoms with van der Waals surface area (Å²) in [7, 11) is 2.05. The summed E-state index contributed by atoms with van der Waals surface area (Å²) >= 11 is 0. The van der Waals surface area contributed by atoms with E-state index >= 15 is 0 Å². The summed E-state index contributed by atoms with van der Waals surface area (Å²) in [6, 6.07) is 9.57. The van der Waals surface area contributed by atoms with E-state index in [9.17, 15) is 9.59 Å². The smallest absolute Gasteiger partial charge is 0.241 e. The fraction of sp³-hybridized carbons (Fsp3) is 0.619. The molecule has 1 saturated carbocycles. The lowest BCUT2D eigenvalue weighted by Crippen LogP contribution is -2.46. The molecule has 1 aromatic rings. The van der Waals surface area contributed by atoms with E-state index in [1.54, 1.807) is 0 Å². The predicted molar refractivity (Wildman–Crippen MR) is 102 cm³/mol. The quantitative estimate of drug-likeness (QED) is 0.907. The molecule has 4 rings (SSSR count). The number of hydrogen-bond donors (Lipinski definition) is 1. The number of nitrogens with zero attached hydrogens (tertiary/aromatic N) is 2. The van der Waals surface area contributed by atoms with Crippen LogP contribution in [0.3, 0.4) is 0 Å². The fourth-order valence-corrected chi connectivity index (χ4v) is 4.64. The second kappa shape index (κ2) is 6.38. The molecule has 1 atom stereocenters. The second-order valence-electron chi connectivity index (χ2n) is 8.84. The first kappa shape index (κ1) is 17.5. The van der Waals surface area contributed by atoms with Crippen LogP contribution >= 0.6 is 0 Å². The highest BCUT2D eigenvalue weighted by Gasteiger charge is 2.51. The molecular formula is C21H29N3O2. The van der Waals surface area contributed by atoms with Gasteiger partial charge in [0.25, 0.3) is 0 Å². The maximum Gasteiger partial charge on any atom is 0.241 e. The van der Waals surface area contributed by atoms with Crippen LogP contribution in [0.2, 0.25) is 0 Å². The molecule has 2 heterocycles. The average molecular weight is 355 g/mol. The first-order valence-corrected chi connectivity index (χ1v) is 9.76. The van der Waals surface area contributed by atoms with Crippen molar-refractivity contribution >= 4 is 17.5 Å². The molecule has 26 heavy (non-hydrogen) atoms. The normalized spacial score (nSPS) is 26.7. The van der Waals surface area contributed by atoms with Crippen molar-refractivity contribution in [2.75, 3.05) is 32.0 Å². The second-order valence-corrected chi connectivity index (χ2v) is 8.84. The van der Waals surface area contributed by atoms with Crippen LogP contribution in [0.5, 0.6) is 0 Å². The zero-order valence-electron chi connectivity index (χ0n) is 15.8. The van der Waals surface area contributed by atoms with Crippen molar-refractivity contribution < 1.29 is 9.59 Å². The van der Waals surface area contributed by atoms with Gasteiger partial charge in [0.1, 0.15) is 0 Å². The molecule has 0 radical (unpaired) electrons. The van der Waals surface area contributed by atoms with Gasteiger partial charge in [-0.25, -0.2) is 0 Å². The van der Waals surface area contributed by atoms with Crippen LogP contribution in [-0.2, 0) is 9.59 Å². The van der Waals surface area contributed by atoms with E-state index in [-0.39, 0.29) is 22.8 Å². The van der Waals surface area contributed by atoms with E-state index in [2.05, 4.69) is 22.0 Å². The van der Waals surface area contributed by atoms with Crippen molar-refractivity contribution in [1.82, 2.24) is 9.80 Å². The largest absolute Gasteiger partial charge is 0.342 e. The molecule has 1 aliphatic carbocycles. The molecule has 2 amide bonds. The zero-order chi connectivity index (χ0) is 18.4. The average Bonchev–Trinajstić information content (AvgIpc) is 3.31. The van der Waals surface area contributed by atoms with E-state index in [4.69, 9.17) is 0 Å². The number of para-hydroxylation sites is 1. The van der Waals surface area contributed by atoms with Crippen molar-refractivity contribution in [3.8, 4) is 0 Å². The Bertz CT molecular complexity index is 690. The molecule has 5 nitrogen and oxygen atoms in total. The number of piperidine rings is 1. The van der Waals surface area contributed by atoms with E-state index in [0.717, 1.165) is 57.4 Å². The molecular weight excluding hydrogens is 326 g/mol. The molecule has 2 aliphatic heterocycles. The van der Waals surface area contributed by atoms with Gasteiger partial charge in [0, 0.05) is 30.7 Å². The van der Waals surface area contributed by atoms with Crippen molar-refractivity contribution in [1.29, 1.82) is 0 Å². The molecule has 1 unspecified atom stereocenters. The number of carbonyl (C=O) groups excluding carboxylic acids is 2. The van der Waals surface area contributed by atoms with E-state index < -0.39 is 0 Å². The van der Waals surface area contributed by atoms with E-state index in [1.165, 1.54) is 0 Å². The number of nitrogens with one attached hydrogen (secondary N) is 1. The maximum absolute atomic E-state index is 12.7. The molecule has 3 aliphatic rings. The number of rotatable bonds is 3. The van der Waals surface area contributed by atoms with Gasteiger partial charge in [-0.05, 0) is 56.7 Å². The van der Waals surface area contributed by atoms with Gasteiger partial charge in [-0.1, -0.05) is 25.1 Å². The third-order valence-electron chi connectivity index (χ3n) is 6.71. The van der Waals surface area contributed by atoms with Gasteiger partial charge < -0.3 is 10.2 Å². The van der Waals surface area contributed by atoms with Crippen LogP contribution in [0.15, 0.2) is 30.3 Å². The molecule has 2 saturated heterocycles. The number of likely N-dealkylation sites (N-methyl/N-ethyl adjacent to an activating group) is 1. The molecule has 140 valence electrons. The summed E-state index contributed by atoms with van der Waals surface area (Å²) in [6.07, 6.45) is 4.99. The summed E-state index contributed by atoms with van der Waals surface area (Å²) < 4.78 is 0. The first-order chi connectivity index (χ1) is 12.4. The highest BCUT2D eigenvalue weighted by Crippen LogP contribution is 2.48.